The fourth-order valence-corrected chi connectivity index (χ4v) is 4.32. The summed E-state index contributed by atoms with van der Waals surface area (Å²) in [5.41, 5.74) is 5.50. The Morgan fingerprint density at radius 1 is 0.745 bits per heavy atom. The van der Waals surface area contributed by atoms with Gasteiger partial charge in [-0.25, -0.2) is 4.79 Å². The lowest BCUT2D eigenvalue weighted by molar-refractivity contribution is -0.187. The van der Waals surface area contributed by atoms with Crippen molar-refractivity contribution in [3.63, 3.8) is 0 Å². The molecule has 0 saturated heterocycles. The Labute approximate surface area is 275 Å². The highest BCUT2D eigenvalue weighted by Gasteiger charge is 2.39. The van der Waals surface area contributed by atoms with E-state index in [4.69, 9.17) is 5.73 Å². The van der Waals surface area contributed by atoms with Crippen molar-refractivity contribution in [2.45, 2.75) is 123 Å². The summed E-state index contributed by atoms with van der Waals surface area (Å²) in [5.74, 6) is -9.32. The van der Waals surface area contributed by atoms with Gasteiger partial charge in [0.1, 0.15) is 24.2 Å². The lowest BCUT2D eigenvalue weighted by atomic mass is 9.96. The number of aliphatic hydroxyl groups is 2. The molecule has 0 heterocycles. The Morgan fingerprint density at radius 3 is 1.83 bits per heavy atom. The molecule has 6 amide bonds. The van der Waals surface area contributed by atoms with Gasteiger partial charge in [0.05, 0.1) is 6.54 Å². The number of carbonyl (C=O) groups is 7. The standard InChI is InChI=1S/C30H55N7O10/c1-8-12-20(38)33-18(6)25(40)35-22(16(3)4)28(43)36-23(17(5)9-2)27(42)32-15-21(39)34-19(13-10-11-14-31)26(41)37-24(29(44)45)30(7,46)47/h16-19,22-24,46-47H,8-15,31H2,1-7H3,(H,32,42)(H,33,38)(H,34,39)(H,35,40)(H,36,43)(H,37,41)(H,44,45)/t17-,18-,19-,22-,23-,24+/m0/s1. The van der Waals surface area contributed by atoms with E-state index in [1.807, 2.05) is 12.2 Å². The van der Waals surface area contributed by atoms with E-state index in [1.54, 1.807) is 27.7 Å². The first kappa shape index (κ1) is 43.2. The summed E-state index contributed by atoms with van der Waals surface area (Å²) in [5, 5.41) is 43.4. The highest BCUT2D eigenvalue weighted by Crippen LogP contribution is 2.11. The molecule has 0 spiro atoms. The Kier molecular flexibility index (Phi) is 19.4. The minimum absolute atomic E-state index is 0.0391. The maximum atomic E-state index is 13.3. The van der Waals surface area contributed by atoms with Gasteiger partial charge in [-0.3, -0.25) is 28.8 Å². The van der Waals surface area contributed by atoms with E-state index in [0.29, 0.717) is 32.2 Å². The highest BCUT2D eigenvalue weighted by molar-refractivity contribution is 5.96. The van der Waals surface area contributed by atoms with Crippen LogP contribution in [0.1, 0.15) is 87.0 Å². The van der Waals surface area contributed by atoms with E-state index in [-0.39, 0.29) is 24.7 Å². The fraction of sp³-hybridized carbons (Fsp3) is 0.767. The maximum absolute atomic E-state index is 13.3. The summed E-state index contributed by atoms with van der Waals surface area (Å²) in [6, 6.07) is -6.43. The van der Waals surface area contributed by atoms with Crippen LogP contribution in [0.4, 0.5) is 0 Å². The molecule has 0 fully saturated rings. The number of rotatable bonds is 22. The predicted molar refractivity (Wildman–Crippen MR) is 171 cm³/mol. The molecular weight excluding hydrogens is 618 g/mol. The third kappa shape index (κ3) is 16.0. The van der Waals surface area contributed by atoms with Crippen LogP contribution in [0.2, 0.25) is 0 Å². The van der Waals surface area contributed by atoms with Crippen LogP contribution in [0.25, 0.3) is 0 Å². The van der Waals surface area contributed by atoms with E-state index >= 15 is 0 Å². The molecule has 0 bridgehead atoms. The summed E-state index contributed by atoms with van der Waals surface area (Å²) in [6.45, 7) is 10.7. The van der Waals surface area contributed by atoms with Gasteiger partial charge in [0.2, 0.25) is 35.4 Å². The third-order valence-corrected chi connectivity index (χ3v) is 7.39. The first-order valence-corrected chi connectivity index (χ1v) is 16.0. The van der Waals surface area contributed by atoms with Crippen molar-refractivity contribution in [1.29, 1.82) is 0 Å². The first-order valence-electron chi connectivity index (χ1n) is 16.0. The van der Waals surface area contributed by atoms with E-state index in [9.17, 15) is 48.9 Å². The number of aliphatic carboxylic acids is 1. The number of hydrogen-bond acceptors (Lipinski definition) is 10. The lowest BCUT2D eigenvalue weighted by Gasteiger charge is -2.29. The normalized spacial score (nSPS) is 15.2. The average Bonchev–Trinajstić information content (AvgIpc) is 2.97. The van der Waals surface area contributed by atoms with Gasteiger partial charge in [-0.1, -0.05) is 41.0 Å². The number of nitrogens with two attached hydrogens (primary N) is 1. The van der Waals surface area contributed by atoms with Crippen molar-refractivity contribution in [2.75, 3.05) is 13.1 Å². The van der Waals surface area contributed by atoms with E-state index in [2.05, 4.69) is 26.6 Å². The largest absolute Gasteiger partial charge is 0.480 e. The van der Waals surface area contributed by atoms with Crippen LogP contribution in [-0.4, -0.2) is 106 Å². The van der Waals surface area contributed by atoms with E-state index in [1.165, 1.54) is 6.92 Å². The molecule has 0 aromatic heterocycles. The van der Waals surface area contributed by atoms with Crippen LogP contribution in [0.5, 0.6) is 0 Å². The number of carboxylic acid groups (broad SMARTS) is 1. The van der Waals surface area contributed by atoms with Gasteiger partial charge in [0, 0.05) is 6.42 Å². The number of amides is 6. The zero-order valence-corrected chi connectivity index (χ0v) is 28.5. The molecular formula is C30H55N7O10. The molecule has 0 aromatic carbocycles. The molecule has 0 unspecified atom stereocenters. The highest BCUT2D eigenvalue weighted by atomic mass is 16.5. The molecule has 17 heteroatoms. The van der Waals surface area contributed by atoms with Crippen LogP contribution in [-0.2, 0) is 33.6 Å². The number of nitrogens with one attached hydrogen (secondary N) is 6. The Morgan fingerprint density at radius 2 is 1.34 bits per heavy atom. The molecule has 6 atom stereocenters. The molecule has 0 aliphatic rings. The number of carbonyl (C=O) groups excluding carboxylic acids is 6. The van der Waals surface area contributed by atoms with Gasteiger partial charge in [-0.15, -0.1) is 0 Å². The first-order chi connectivity index (χ1) is 21.8. The van der Waals surface area contributed by atoms with Crippen molar-refractivity contribution in [3.05, 3.63) is 0 Å². The molecule has 0 aliphatic carbocycles. The Bertz CT molecular complexity index is 1080. The summed E-state index contributed by atoms with van der Waals surface area (Å²) >= 11 is 0. The van der Waals surface area contributed by atoms with Gasteiger partial charge in [0.15, 0.2) is 11.8 Å². The molecule has 17 nitrogen and oxygen atoms in total. The van der Waals surface area contributed by atoms with Crippen molar-refractivity contribution < 1.29 is 48.9 Å². The van der Waals surface area contributed by atoms with Crippen molar-refractivity contribution in [1.82, 2.24) is 31.9 Å². The second-order valence-corrected chi connectivity index (χ2v) is 12.1. The van der Waals surface area contributed by atoms with Gasteiger partial charge >= 0.3 is 5.97 Å². The fourth-order valence-electron chi connectivity index (χ4n) is 4.32. The third-order valence-electron chi connectivity index (χ3n) is 7.39. The van der Waals surface area contributed by atoms with Gasteiger partial charge in [-0.05, 0) is 57.9 Å². The van der Waals surface area contributed by atoms with Crippen molar-refractivity contribution in [3.8, 4) is 0 Å². The Balaban J connectivity index is 5.61. The van der Waals surface area contributed by atoms with Crippen LogP contribution < -0.4 is 37.6 Å². The summed E-state index contributed by atoms with van der Waals surface area (Å²) in [4.78, 5) is 88.2. The smallest absolute Gasteiger partial charge is 0.331 e. The molecule has 0 aliphatic heterocycles. The minimum atomic E-state index is -2.79. The SMILES string of the molecule is CCCC(=O)N[C@@H](C)C(=O)N[C@H](C(=O)N[C@H](C(=O)NCC(=O)N[C@@H](CCCCN)C(=O)N[C@H](C(=O)O)C(C)(O)O)[C@@H](C)CC)C(C)C. The topological polar surface area (TPSA) is 278 Å². The monoisotopic (exact) mass is 673 g/mol. The van der Waals surface area contributed by atoms with Gasteiger partial charge in [0.25, 0.3) is 0 Å². The molecule has 0 rings (SSSR count). The van der Waals surface area contributed by atoms with Gasteiger partial charge in [-0.2, -0.15) is 0 Å². The number of hydrogen-bond donors (Lipinski definition) is 10. The summed E-state index contributed by atoms with van der Waals surface area (Å²) in [7, 11) is 0. The minimum Gasteiger partial charge on any atom is -0.480 e. The second kappa shape index (κ2) is 21.1. The molecule has 0 radical (unpaired) electrons. The maximum Gasteiger partial charge on any atom is 0.331 e. The van der Waals surface area contributed by atoms with Gasteiger partial charge < -0.3 is 53.0 Å². The molecule has 47 heavy (non-hydrogen) atoms. The van der Waals surface area contributed by atoms with Crippen molar-refractivity contribution >= 4 is 41.4 Å². The zero-order valence-electron chi connectivity index (χ0n) is 28.5. The zero-order chi connectivity index (χ0) is 36.5. The molecule has 0 saturated carbocycles. The second-order valence-electron chi connectivity index (χ2n) is 12.1. The summed E-state index contributed by atoms with van der Waals surface area (Å²) in [6.07, 6.45) is 2.20. The molecule has 11 N–H and O–H groups in total. The molecule has 0 aromatic rings. The van der Waals surface area contributed by atoms with Crippen LogP contribution in [0.15, 0.2) is 0 Å². The average molecular weight is 674 g/mol. The lowest BCUT2D eigenvalue weighted by Crippen LogP contribution is -2.60. The van der Waals surface area contributed by atoms with Crippen molar-refractivity contribution in [2.24, 2.45) is 17.6 Å². The summed E-state index contributed by atoms with van der Waals surface area (Å²) < 4.78 is 0. The van der Waals surface area contributed by atoms with Crippen LogP contribution >= 0.6 is 0 Å². The predicted octanol–water partition coefficient (Wildman–Crippen LogP) is -2.04. The number of carboxylic acids is 1. The van der Waals surface area contributed by atoms with Crippen LogP contribution in [0, 0.1) is 11.8 Å². The van der Waals surface area contributed by atoms with Crippen LogP contribution in [0.3, 0.4) is 0 Å². The number of unbranched alkanes of at least 4 members (excludes halogenated alkanes) is 1. The Hall–Kier alpha value is -3.83. The van der Waals surface area contributed by atoms with E-state index in [0.717, 1.165) is 6.92 Å². The van der Waals surface area contributed by atoms with E-state index < -0.39 is 84.0 Å². The molecule has 270 valence electrons. The quantitative estimate of drug-likeness (QED) is 0.0442.